The average molecular weight is 509 g/mol. The predicted octanol–water partition coefficient (Wildman–Crippen LogP) is 5.24. The number of benzene rings is 1. The molecule has 1 saturated heterocycles. The van der Waals surface area contributed by atoms with E-state index >= 15 is 0 Å². The third-order valence-corrected chi connectivity index (χ3v) is 5.85. The molecule has 2 amide bonds. The number of pyridine rings is 1. The van der Waals surface area contributed by atoms with Crippen molar-refractivity contribution in [3.63, 3.8) is 0 Å². The Labute approximate surface area is 204 Å². The van der Waals surface area contributed by atoms with Gasteiger partial charge in [0.15, 0.2) is 0 Å². The molecule has 3 atom stereocenters. The van der Waals surface area contributed by atoms with Crippen LogP contribution in [-0.2, 0) is 4.79 Å². The van der Waals surface area contributed by atoms with Gasteiger partial charge in [0.2, 0.25) is 0 Å². The van der Waals surface area contributed by atoms with Gasteiger partial charge in [0.05, 0.1) is 28.6 Å². The highest BCUT2D eigenvalue weighted by Crippen LogP contribution is 2.41. The van der Waals surface area contributed by atoms with Gasteiger partial charge in [-0.1, -0.05) is 19.9 Å². The van der Waals surface area contributed by atoms with E-state index in [4.69, 9.17) is 5.11 Å². The van der Waals surface area contributed by atoms with Gasteiger partial charge in [-0.3, -0.25) is 20.2 Å². The van der Waals surface area contributed by atoms with E-state index in [1.807, 2.05) is 4.90 Å². The number of carboxylic acids is 1. The molecule has 36 heavy (non-hydrogen) atoms. The number of urea groups is 1. The number of carboxylic acid groups (broad SMARTS) is 1. The number of carbonyl (C=O) groups is 2. The van der Waals surface area contributed by atoms with Gasteiger partial charge >= 0.3 is 18.2 Å². The maximum atomic E-state index is 13.7. The summed E-state index contributed by atoms with van der Waals surface area (Å²) in [4.78, 5) is 39.7. The van der Waals surface area contributed by atoms with Crippen LogP contribution in [0.4, 0.5) is 40.8 Å². The molecule has 10 nitrogen and oxygen atoms in total. The van der Waals surface area contributed by atoms with E-state index in [1.54, 1.807) is 0 Å². The summed E-state index contributed by atoms with van der Waals surface area (Å²) in [6.07, 6.45) is -4.02. The normalized spacial score (nSPS) is 18.9. The first-order valence-corrected chi connectivity index (χ1v) is 11.2. The molecular formula is C23H26F3N5O5. The quantitative estimate of drug-likeness (QED) is 0.343. The first kappa shape index (κ1) is 26.7. The summed E-state index contributed by atoms with van der Waals surface area (Å²) in [5.41, 5.74) is 0.00415. The van der Waals surface area contributed by atoms with Crippen LogP contribution in [0.1, 0.15) is 38.2 Å². The summed E-state index contributed by atoms with van der Waals surface area (Å²) < 4.78 is 41.0. The molecule has 0 radical (unpaired) electrons. The van der Waals surface area contributed by atoms with E-state index in [-0.39, 0.29) is 22.8 Å². The van der Waals surface area contributed by atoms with Gasteiger partial charge in [0.25, 0.3) is 5.69 Å². The van der Waals surface area contributed by atoms with Crippen molar-refractivity contribution in [3.05, 3.63) is 52.2 Å². The van der Waals surface area contributed by atoms with Gasteiger partial charge in [-0.05, 0) is 42.0 Å². The molecule has 0 spiro atoms. The maximum Gasteiger partial charge on any atom is 0.396 e. The number of hydrogen-bond acceptors (Lipinski definition) is 6. The minimum Gasteiger partial charge on any atom is -0.481 e. The molecule has 3 rings (SSSR count). The monoisotopic (exact) mass is 509 g/mol. The summed E-state index contributed by atoms with van der Waals surface area (Å²) in [5.74, 6) is -3.24. The molecule has 3 unspecified atom stereocenters. The smallest absolute Gasteiger partial charge is 0.396 e. The third-order valence-electron chi connectivity index (χ3n) is 5.85. The molecule has 0 saturated carbocycles. The van der Waals surface area contributed by atoms with Crippen LogP contribution in [0.15, 0.2) is 36.5 Å². The lowest BCUT2D eigenvalue weighted by Gasteiger charge is -2.37. The highest BCUT2D eigenvalue weighted by molar-refractivity contribution is 6.01. The zero-order valence-corrected chi connectivity index (χ0v) is 19.6. The second-order valence-corrected chi connectivity index (χ2v) is 9.06. The van der Waals surface area contributed by atoms with Gasteiger partial charge in [0.1, 0.15) is 12.0 Å². The molecule has 1 aliphatic rings. The molecule has 0 aliphatic carbocycles. The number of aliphatic carboxylic acids is 1. The number of carbonyl (C=O) groups excluding carboxylic acids is 1. The molecule has 2 aromatic rings. The van der Waals surface area contributed by atoms with Crippen LogP contribution in [0.3, 0.4) is 0 Å². The number of alkyl halides is 3. The zero-order valence-electron chi connectivity index (χ0n) is 19.6. The first-order valence-electron chi connectivity index (χ1n) is 11.2. The highest BCUT2D eigenvalue weighted by atomic mass is 19.4. The molecule has 1 aliphatic heterocycles. The summed E-state index contributed by atoms with van der Waals surface area (Å²) >= 11 is 0. The van der Waals surface area contributed by atoms with E-state index in [1.165, 1.54) is 18.2 Å². The number of nitro groups is 1. The number of hydrogen-bond donors (Lipinski definition) is 3. The van der Waals surface area contributed by atoms with E-state index in [0.29, 0.717) is 30.6 Å². The molecule has 1 aromatic carbocycles. The second kappa shape index (κ2) is 10.8. The standard InChI is InChI=1S/C23H26F3N5O5/c1-13-7-14(2)12-30(11-13)19-5-3-15(17(9-21(32)33)23(24,25)26)8-18(19)28-22(34)29-20-6-4-16(10-27-20)31(35)36/h3-6,8,10,13-14,17H,7,9,11-12H2,1-2H3,(H,32,33)(H2,27,28,29,34). The molecule has 2 heterocycles. The third kappa shape index (κ3) is 6.83. The van der Waals surface area contributed by atoms with Crippen molar-refractivity contribution in [2.45, 2.75) is 38.8 Å². The van der Waals surface area contributed by atoms with Gasteiger partial charge in [-0.15, -0.1) is 0 Å². The fourth-order valence-electron chi connectivity index (χ4n) is 4.44. The van der Waals surface area contributed by atoms with Crippen molar-refractivity contribution in [2.75, 3.05) is 28.6 Å². The molecule has 1 fully saturated rings. The van der Waals surface area contributed by atoms with Crippen LogP contribution in [0.2, 0.25) is 0 Å². The number of nitrogens with zero attached hydrogens (tertiary/aromatic N) is 3. The summed E-state index contributed by atoms with van der Waals surface area (Å²) in [6, 6.07) is 5.38. The average Bonchev–Trinajstić information content (AvgIpc) is 2.76. The molecule has 1 aromatic heterocycles. The number of halogens is 3. The zero-order chi connectivity index (χ0) is 26.6. The Morgan fingerprint density at radius 1 is 1.19 bits per heavy atom. The number of rotatable bonds is 7. The van der Waals surface area contributed by atoms with E-state index in [9.17, 15) is 32.9 Å². The SMILES string of the molecule is CC1CC(C)CN(c2ccc(C(CC(=O)O)C(F)(F)F)cc2NC(=O)Nc2ccc([N+](=O)[O-])cn2)C1. The Morgan fingerprint density at radius 3 is 2.39 bits per heavy atom. The van der Waals surface area contributed by atoms with Gasteiger partial charge in [-0.25, -0.2) is 9.78 Å². The molecule has 3 N–H and O–H groups in total. The van der Waals surface area contributed by atoms with Crippen molar-refractivity contribution < 1.29 is 32.8 Å². The minimum atomic E-state index is -4.81. The molecular weight excluding hydrogens is 483 g/mol. The lowest BCUT2D eigenvalue weighted by atomic mass is 9.90. The Hall–Kier alpha value is -3.90. The lowest BCUT2D eigenvalue weighted by molar-refractivity contribution is -0.385. The highest BCUT2D eigenvalue weighted by Gasteiger charge is 2.42. The van der Waals surface area contributed by atoms with Gasteiger partial charge < -0.3 is 15.3 Å². The van der Waals surface area contributed by atoms with Crippen LogP contribution in [-0.4, -0.2) is 46.3 Å². The number of amides is 2. The Bertz CT molecular complexity index is 1120. The van der Waals surface area contributed by atoms with Gasteiger partial charge in [-0.2, -0.15) is 13.2 Å². The molecule has 194 valence electrons. The molecule has 13 heteroatoms. The predicted molar refractivity (Wildman–Crippen MR) is 126 cm³/mol. The minimum absolute atomic E-state index is 0.00457. The van der Waals surface area contributed by atoms with Crippen molar-refractivity contribution in [2.24, 2.45) is 11.8 Å². The summed E-state index contributed by atoms with van der Waals surface area (Å²) in [7, 11) is 0. The Balaban J connectivity index is 1.94. The van der Waals surface area contributed by atoms with E-state index in [0.717, 1.165) is 24.8 Å². The first-order chi connectivity index (χ1) is 16.8. The van der Waals surface area contributed by atoms with E-state index in [2.05, 4.69) is 29.5 Å². The van der Waals surface area contributed by atoms with Crippen LogP contribution in [0, 0.1) is 22.0 Å². The van der Waals surface area contributed by atoms with Crippen molar-refractivity contribution in [1.29, 1.82) is 0 Å². The Morgan fingerprint density at radius 2 is 1.86 bits per heavy atom. The second-order valence-electron chi connectivity index (χ2n) is 9.06. The number of nitrogens with one attached hydrogen (secondary N) is 2. The van der Waals surface area contributed by atoms with Crippen LogP contribution in [0.5, 0.6) is 0 Å². The summed E-state index contributed by atoms with van der Waals surface area (Å²) in [6.45, 7) is 5.37. The lowest BCUT2D eigenvalue weighted by Crippen LogP contribution is -2.39. The van der Waals surface area contributed by atoms with Crippen LogP contribution >= 0.6 is 0 Å². The Kier molecular flexibility index (Phi) is 8.00. The fraction of sp³-hybridized carbons (Fsp3) is 0.435. The number of anilines is 3. The van der Waals surface area contributed by atoms with E-state index < -0.39 is 35.4 Å². The van der Waals surface area contributed by atoms with Crippen LogP contribution < -0.4 is 15.5 Å². The van der Waals surface area contributed by atoms with Crippen LogP contribution in [0.25, 0.3) is 0 Å². The topological polar surface area (TPSA) is 138 Å². The number of piperidine rings is 1. The van der Waals surface area contributed by atoms with Gasteiger partial charge in [0, 0.05) is 19.2 Å². The maximum absolute atomic E-state index is 13.7. The summed E-state index contributed by atoms with van der Waals surface area (Å²) in [5, 5.41) is 24.7. The molecule has 0 bridgehead atoms. The van der Waals surface area contributed by atoms with Crippen molar-refractivity contribution >= 4 is 34.9 Å². The largest absolute Gasteiger partial charge is 0.481 e. The fourth-order valence-corrected chi connectivity index (χ4v) is 4.44. The number of aromatic nitrogens is 1. The van der Waals surface area contributed by atoms with Crippen molar-refractivity contribution in [1.82, 2.24) is 4.98 Å². The van der Waals surface area contributed by atoms with Crippen molar-refractivity contribution in [3.8, 4) is 0 Å².